The fourth-order valence-corrected chi connectivity index (χ4v) is 4.07. The van der Waals surface area contributed by atoms with Gasteiger partial charge in [0.1, 0.15) is 10.8 Å². The molecule has 0 saturated heterocycles. The first-order valence-corrected chi connectivity index (χ1v) is 9.53. The minimum absolute atomic E-state index is 0.498. The molecule has 1 saturated carbocycles. The van der Waals surface area contributed by atoms with Crippen molar-refractivity contribution >= 4 is 23.1 Å². The summed E-state index contributed by atoms with van der Waals surface area (Å²) in [5, 5.41) is 12.2. The minimum atomic E-state index is 0.498. The van der Waals surface area contributed by atoms with Gasteiger partial charge in [0.05, 0.1) is 12.8 Å². The fourth-order valence-electron chi connectivity index (χ4n) is 2.38. The van der Waals surface area contributed by atoms with Gasteiger partial charge < -0.3 is 10.6 Å². The molecule has 2 aromatic heterocycles. The van der Waals surface area contributed by atoms with Crippen LogP contribution in [0.25, 0.3) is 10.6 Å². The van der Waals surface area contributed by atoms with E-state index in [0.717, 1.165) is 51.6 Å². The van der Waals surface area contributed by atoms with Gasteiger partial charge in [-0.3, -0.25) is 0 Å². The van der Waals surface area contributed by atoms with Crippen LogP contribution < -0.4 is 10.6 Å². The average molecular weight is 359 g/mol. The predicted octanol–water partition coefficient (Wildman–Crippen LogP) is 3.29. The second-order valence-corrected chi connectivity index (χ2v) is 7.45. The molecule has 0 unspecified atom stereocenters. The van der Waals surface area contributed by atoms with E-state index in [9.17, 15) is 0 Å². The van der Waals surface area contributed by atoms with Crippen molar-refractivity contribution in [2.24, 2.45) is 0 Å². The average Bonchev–Trinajstić information content (AvgIpc) is 3.23. The molecule has 0 bridgehead atoms. The quantitative estimate of drug-likeness (QED) is 0.537. The Morgan fingerprint density at radius 1 is 1.29 bits per heavy atom. The topological polar surface area (TPSA) is 78.9 Å². The van der Waals surface area contributed by atoms with Crippen molar-refractivity contribution in [3.8, 4) is 16.3 Å². The van der Waals surface area contributed by atoms with E-state index in [4.69, 9.17) is 15.6 Å². The molecule has 2 N–H and O–H groups in total. The van der Waals surface area contributed by atoms with Crippen LogP contribution in [0.2, 0.25) is 0 Å². The summed E-state index contributed by atoms with van der Waals surface area (Å²) >= 11 is 3.21. The molecule has 4 rings (SSSR count). The van der Waals surface area contributed by atoms with Crippen LogP contribution in [0, 0.1) is 0 Å². The van der Waals surface area contributed by atoms with E-state index in [2.05, 4.69) is 15.6 Å². The van der Waals surface area contributed by atoms with E-state index in [1.54, 1.807) is 34.9 Å². The normalized spacial score (nSPS) is 14.0. The highest BCUT2D eigenvalue weighted by molar-refractivity contribution is 7.98. The van der Waals surface area contributed by atoms with Crippen molar-refractivity contribution in [3.63, 3.8) is 0 Å². The van der Waals surface area contributed by atoms with Crippen LogP contribution in [0.15, 0.2) is 34.8 Å². The lowest BCUT2D eigenvalue weighted by Gasteiger charge is -2.01. The number of hydrogen-bond acceptors (Lipinski definition) is 7. The molecule has 0 amide bonds. The SMILES string of the molecule is COc1ccc(-c2nc(CSc3nnc(C4CC4)n3N)cs2)cc1. The molecular formula is C16H17N5OS2. The van der Waals surface area contributed by atoms with Crippen LogP contribution in [0.4, 0.5) is 0 Å². The molecule has 6 nitrogen and oxygen atoms in total. The monoisotopic (exact) mass is 359 g/mol. The molecule has 124 valence electrons. The summed E-state index contributed by atoms with van der Waals surface area (Å²) in [6, 6.07) is 7.93. The lowest BCUT2D eigenvalue weighted by atomic mass is 10.2. The Balaban J connectivity index is 1.43. The molecule has 0 spiro atoms. The van der Waals surface area contributed by atoms with Crippen LogP contribution in [0.1, 0.15) is 30.3 Å². The lowest BCUT2D eigenvalue weighted by molar-refractivity contribution is 0.415. The molecule has 1 fully saturated rings. The van der Waals surface area contributed by atoms with Crippen molar-refractivity contribution in [2.45, 2.75) is 29.7 Å². The molecule has 1 aliphatic rings. The maximum atomic E-state index is 6.07. The minimum Gasteiger partial charge on any atom is -0.497 e. The molecule has 8 heteroatoms. The molecule has 2 heterocycles. The number of nitrogens with two attached hydrogens (primary N) is 1. The highest BCUT2D eigenvalue weighted by Gasteiger charge is 2.29. The van der Waals surface area contributed by atoms with Gasteiger partial charge in [-0.2, -0.15) is 0 Å². The molecule has 0 radical (unpaired) electrons. The van der Waals surface area contributed by atoms with Crippen LogP contribution in [-0.2, 0) is 5.75 Å². The van der Waals surface area contributed by atoms with Gasteiger partial charge in [0.25, 0.3) is 0 Å². The van der Waals surface area contributed by atoms with Crippen LogP contribution in [-0.4, -0.2) is 27.0 Å². The fraction of sp³-hybridized carbons (Fsp3) is 0.312. The van der Waals surface area contributed by atoms with Crippen LogP contribution >= 0.6 is 23.1 Å². The first-order chi connectivity index (χ1) is 11.7. The highest BCUT2D eigenvalue weighted by Crippen LogP contribution is 2.39. The smallest absolute Gasteiger partial charge is 0.210 e. The van der Waals surface area contributed by atoms with Gasteiger partial charge in [-0.05, 0) is 37.1 Å². The molecule has 0 atom stereocenters. The standard InChI is InChI=1S/C16H17N5OS2/c1-22-13-6-4-11(5-7-13)15-18-12(8-23-15)9-24-16-20-19-14(21(16)17)10-2-3-10/h4-8,10H,2-3,9,17H2,1H3. The number of nitrogen functional groups attached to an aromatic ring is 1. The second-order valence-electron chi connectivity index (χ2n) is 5.65. The number of ether oxygens (including phenoxy) is 1. The van der Waals surface area contributed by atoms with Crippen molar-refractivity contribution in [3.05, 3.63) is 41.2 Å². The van der Waals surface area contributed by atoms with Crippen LogP contribution in [0.5, 0.6) is 5.75 Å². The number of rotatable bonds is 6. The second kappa shape index (κ2) is 6.45. The summed E-state index contributed by atoms with van der Waals surface area (Å²) < 4.78 is 6.81. The van der Waals surface area contributed by atoms with Crippen molar-refractivity contribution < 1.29 is 4.74 Å². The zero-order valence-corrected chi connectivity index (χ0v) is 14.8. The Morgan fingerprint density at radius 2 is 2.08 bits per heavy atom. The number of hydrogen-bond donors (Lipinski definition) is 1. The number of thioether (sulfide) groups is 1. The number of aromatic nitrogens is 4. The number of methoxy groups -OCH3 is 1. The first-order valence-electron chi connectivity index (χ1n) is 7.66. The van der Waals surface area contributed by atoms with E-state index in [1.807, 2.05) is 24.3 Å². The number of thiazole rings is 1. The van der Waals surface area contributed by atoms with Gasteiger partial charge in [-0.15, -0.1) is 21.5 Å². The maximum Gasteiger partial charge on any atom is 0.210 e. The van der Waals surface area contributed by atoms with Gasteiger partial charge in [0, 0.05) is 22.6 Å². The number of nitrogens with zero attached hydrogens (tertiary/aromatic N) is 4. The summed E-state index contributed by atoms with van der Waals surface area (Å²) in [5.74, 6) is 9.04. The molecular weight excluding hydrogens is 342 g/mol. The lowest BCUT2D eigenvalue weighted by Crippen LogP contribution is -2.13. The molecule has 1 aromatic carbocycles. The van der Waals surface area contributed by atoms with Gasteiger partial charge in [0.15, 0.2) is 5.82 Å². The van der Waals surface area contributed by atoms with Gasteiger partial charge >= 0.3 is 0 Å². The van der Waals surface area contributed by atoms with Crippen molar-refractivity contribution in [2.75, 3.05) is 13.0 Å². The third-order valence-corrected chi connectivity index (χ3v) is 5.79. The zero-order chi connectivity index (χ0) is 16.5. The third kappa shape index (κ3) is 3.11. The Morgan fingerprint density at radius 3 is 2.79 bits per heavy atom. The number of benzene rings is 1. The van der Waals surface area contributed by atoms with Gasteiger partial charge in [0.2, 0.25) is 5.16 Å². The van der Waals surface area contributed by atoms with E-state index >= 15 is 0 Å². The first kappa shape index (κ1) is 15.5. The van der Waals surface area contributed by atoms with Gasteiger partial charge in [-0.1, -0.05) is 11.8 Å². The maximum absolute atomic E-state index is 6.07. The van der Waals surface area contributed by atoms with E-state index in [-0.39, 0.29) is 0 Å². The van der Waals surface area contributed by atoms with Crippen molar-refractivity contribution in [1.82, 2.24) is 19.9 Å². The summed E-state index contributed by atoms with van der Waals surface area (Å²) in [6.45, 7) is 0. The Hall–Kier alpha value is -2.06. The molecule has 3 aromatic rings. The summed E-state index contributed by atoms with van der Waals surface area (Å²) in [4.78, 5) is 4.69. The third-order valence-electron chi connectivity index (χ3n) is 3.87. The summed E-state index contributed by atoms with van der Waals surface area (Å²) in [5.41, 5.74) is 2.11. The molecule has 24 heavy (non-hydrogen) atoms. The van der Waals surface area contributed by atoms with E-state index in [0.29, 0.717) is 5.92 Å². The zero-order valence-electron chi connectivity index (χ0n) is 13.2. The summed E-state index contributed by atoms with van der Waals surface area (Å²) in [7, 11) is 1.67. The Bertz CT molecular complexity index is 839. The highest BCUT2D eigenvalue weighted by atomic mass is 32.2. The molecule has 1 aliphatic carbocycles. The Kier molecular flexibility index (Phi) is 4.15. The van der Waals surface area contributed by atoms with E-state index in [1.165, 1.54) is 0 Å². The molecule has 0 aliphatic heterocycles. The largest absolute Gasteiger partial charge is 0.497 e. The summed E-state index contributed by atoms with van der Waals surface area (Å²) in [6.07, 6.45) is 2.33. The van der Waals surface area contributed by atoms with E-state index < -0.39 is 0 Å². The van der Waals surface area contributed by atoms with Crippen molar-refractivity contribution in [1.29, 1.82) is 0 Å². The predicted molar refractivity (Wildman–Crippen MR) is 95.8 cm³/mol. The van der Waals surface area contributed by atoms with Gasteiger partial charge in [-0.25, -0.2) is 9.66 Å². The van der Waals surface area contributed by atoms with Crippen LogP contribution in [0.3, 0.4) is 0 Å². The Labute approximate surface area is 148 Å².